The normalized spacial score (nSPS) is 12.6. The summed E-state index contributed by atoms with van der Waals surface area (Å²) in [6, 6.07) is 7.31. The molecule has 1 aromatic carbocycles. The number of esters is 3. The van der Waals surface area contributed by atoms with E-state index in [4.69, 9.17) is 14.2 Å². The van der Waals surface area contributed by atoms with Crippen LogP contribution in [0.4, 0.5) is 0 Å². The van der Waals surface area contributed by atoms with Gasteiger partial charge in [0.1, 0.15) is 0 Å². The van der Waals surface area contributed by atoms with Gasteiger partial charge in [0.05, 0.1) is 25.1 Å². The molecule has 0 bridgehead atoms. The highest BCUT2D eigenvalue weighted by Gasteiger charge is 2.54. The molecule has 1 unspecified atom stereocenters. The topological polar surface area (TPSA) is 99.1 Å². The van der Waals surface area contributed by atoms with E-state index in [0.29, 0.717) is 11.5 Å². The van der Waals surface area contributed by atoms with Gasteiger partial charge in [-0.3, -0.25) is 0 Å². The second kappa shape index (κ2) is 13.2. The van der Waals surface area contributed by atoms with E-state index in [1.165, 1.54) is 6.08 Å². The number of benzene rings is 1. The van der Waals surface area contributed by atoms with Crippen LogP contribution in [0, 0.1) is 0 Å². The van der Waals surface area contributed by atoms with Crippen molar-refractivity contribution in [2.75, 3.05) is 25.6 Å². The van der Waals surface area contributed by atoms with E-state index in [2.05, 4.69) is 13.8 Å². The smallest absolute Gasteiger partial charge is 0.351 e. The summed E-state index contributed by atoms with van der Waals surface area (Å²) < 4.78 is 14.9. The van der Waals surface area contributed by atoms with Crippen LogP contribution in [0.2, 0.25) is 0 Å². The van der Waals surface area contributed by atoms with Crippen molar-refractivity contribution < 1.29 is 33.7 Å². The Morgan fingerprint density at radius 3 is 1.87 bits per heavy atom. The first-order valence-corrected chi connectivity index (χ1v) is 11.4. The average molecular weight is 453 g/mol. The van der Waals surface area contributed by atoms with Gasteiger partial charge in [-0.2, -0.15) is 0 Å². The van der Waals surface area contributed by atoms with Crippen molar-refractivity contribution in [3.05, 3.63) is 47.5 Å². The number of rotatable bonds is 12. The molecule has 172 valence electrons. The summed E-state index contributed by atoms with van der Waals surface area (Å²) in [5, 5.41) is 10.3. The third kappa shape index (κ3) is 7.40. The number of aliphatic hydroxyl groups is 1. The molecule has 0 aliphatic heterocycles. The van der Waals surface area contributed by atoms with E-state index >= 15 is 0 Å². The van der Waals surface area contributed by atoms with Gasteiger partial charge in [-0.25, -0.2) is 14.4 Å². The van der Waals surface area contributed by atoms with Crippen LogP contribution in [0.1, 0.15) is 56.9 Å². The van der Waals surface area contributed by atoms with Gasteiger partial charge in [-0.15, -0.1) is 11.8 Å². The van der Waals surface area contributed by atoms with Gasteiger partial charge in [0.15, 0.2) is 0 Å². The predicted octanol–water partition coefficient (Wildman–Crippen LogP) is 3.56. The van der Waals surface area contributed by atoms with Gasteiger partial charge in [0.2, 0.25) is 0 Å². The fourth-order valence-electron chi connectivity index (χ4n) is 2.78. The number of hydrogen-bond donors (Lipinski definition) is 1. The zero-order valence-electron chi connectivity index (χ0n) is 18.8. The summed E-state index contributed by atoms with van der Waals surface area (Å²) in [4.78, 5) is 37.0. The summed E-state index contributed by atoms with van der Waals surface area (Å²) >= 11 is 1.12. The maximum absolute atomic E-state index is 12.7. The molecule has 0 heterocycles. The van der Waals surface area contributed by atoms with Crippen LogP contribution in [0.3, 0.4) is 0 Å². The van der Waals surface area contributed by atoms with Gasteiger partial charge in [0.25, 0.3) is 5.60 Å². The number of carbonyl (C=O) groups is 3. The second-order valence-electron chi connectivity index (χ2n) is 6.90. The molecule has 31 heavy (non-hydrogen) atoms. The standard InChI is InChI=1S/C23H32O7S/c1-6-28-19(24)10-9-15-31-20(18-13-11-17(12-14-18)16(4)5)23(27,21(25)29-7-2)22(26)30-8-3/h9-14,16,20,27H,6-8,15H2,1-5H3/b10-9+. The molecular formula is C23H32O7S. The molecule has 0 radical (unpaired) electrons. The third-order valence-electron chi connectivity index (χ3n) is 4.36. The summed E-state index contributed by atoms with van der Waals surface area (Å²) in [6.07, 6.45) is 2.82. The molecule has 0 spiro atoms. The molecule has 0 saturated heterocycles. The SMILES string of the molecule is CCOC(=O)/C=C/CSC(c1ccc(C(C)C)cc1)C(O)(C(=O)OCC)C(=O)OCC. The molecular weight excluding hydrogens is 420 g/mol. The molecule has 1 atom stereocenters. The number of thioether (sulfide) groups is 1. The number of hydrogen-bond acceptors (Lipinski definition) is 8. The van der Waals surface area contributed by atoms with Crippen molar-refractivity contribution in [1.29, 1.82) is 0 Å². The Morgan fingerprint density at radius 2 is 1.42 bits per heavy atom. The zero-order chi connectivity index (χ0) is 23.4. The zero-order valence-corrected chi connectivity index (χ0v) is 19.6. The largest absolute Gasteiger partial charge is 0.463 e. The van der Waals surface area contributed by atoms with Crippen LogP contribution in [-0.2, 0) is 28.6 Å². The molecule has 0 fully saturated rings. The Hall–Kier alpha value is -2.32. The van der Waals surface area contributed by atoms with Crippen molar-refractivity contribution in [2.24, 2.45) is 0 Å². The van der Waals surface area contributed by atoms with Crippen molar-refractivity contribution in [3.63, 3.8) is 0 Å². The Bertz CT molecular complexity index is 738. The Labute approximate surface area is 188 Å². The van der Waals surface area contributed by atoms with Crippen LogP contribution in [0.5, 0.6) is 0 Å². The molecule has 0 aliphatic rings. The van der Waals surface area contributed by atoms with E-state index in [1.807, 2.05) is 12.1 Å². The van der Waals surface area contributed by atoms with Crippen molar-refractivity contribution >= 4 is 29.7 Å². The highest BCUT2D eigenvalue weighted by atomic mass is 32.2. The maximum Gasteiger partial charge on any atom is 0.351 e. The van der Waals surface area contributed by atoms with Gasteiger partial charge in [0, 0.05) is 11.8 Å². The van der Waals surface area contributed by atoms with E-state index < -0.39 is 28.8 Å². The third-order valence-corrected chi connectivity index (χ3v) is 5.69. The molecule has 0 amide bonds. The van der Waals surface area contributed by atoms with Crippen LogP contribution >= 0.6 is 11.8 Å². The summed E-state index contributed by atoms with van der Waals surface area (Å²) in [5.41, 5.74) is -0.915. The number of carbonyl (C=O) groups excluding carboxylic acids is 3. The Balaban J connectivity index is 3.33. The van der Waals surface area contributed by atoms with Gasteiger partial charge in [-0.1, -0.05) is 44.2 Å². The molecule has 8 heteroatoms. The lowest BCUT2D eigenvalue weighted by molar-refractivity contribution is -0.183. The van der Waals surface area contributed by atoms with E-state index in [9.17, 15) is 19.5 Å². The molecule has 7 nitrogen and oxygen atoms in total. The van der Waals surface area contributed by atoms with Crippen LogP contribution < -0.4 is 0 Å². The first-order chi connectivity index (χ1) is 14.7. The van der Waals surface area contributed by atoms with Crippen LogP contribution in [0.25, 0.3) is 0 Å². The quantitative estimate of drug-likeness (QED) is 0.222. The summed E-state index contributed by atoms with van der Waals surface area (Å²) in [6.45, 7) is 9.23. The molecule has 0 saturated carbocycles. The molecule has 0 aromatic heterocycles. The Kier molecular flexibility index (Phi) is 11.3. The van der Waals surface area contributed by atoms with Crippen LogP contribution in [0.15, 0.2) is 36.4 Å². The monoisotopic (exact) mass is 452 g/mol. The highest BCUT2D eigenvalue weighted by molar-refractivity contribution is 7.99. The fourth-order valence-corrected chi connectivity index (χ4v) is 3.96. The highest BCUT2D eigenvalue weighted by Crippen LogP contribution is 2.41. The first kappa shape index (κ1) is 26.7. The van der Waals surface area contributed by atoms with E-state index in [0.717, 1.165) is 17.3 Å². The minimum atomic E-state index is -2.55. The second-order valence-corrected chi connectivity index (χ2v) is 8.03. The summed E-state index contributed by atoms with van der Waals surface area (Å²) in [5.74, 6) is -2.12. The van der Waals surface area contributed by atoms with Crippen molar-refractivity contribution in [3.8, 4) is 0 Å². The fraction of sp³-hybridized carbons (Fsp3) is 0.522. The van der Waals surface area contributed by atoms with E-state index in [-0.39, 0.29) is 25.6 Å². The van der Waals surface area contributed by atoms with Gasteiger partial charge < -0.3 is 19.3 Å². The molecule has 1 rings (SSSR count). The first-order valence-electron chi connectivity index (χ1n) is 10.3. The minimum absolute atomic E-state index is 0.00696. The predicted molar refractivity (Wildman–Crippen MR) is 120 cm³/mol. The summed E-state index contributed by atoms with van der Waals surface area (Å²) in [7, 11) is 0. The lowest BCUT2D eigenvalue weighted by Crippen LogP contribution is -2.52. The lowest BCUT2D eigenvalue weighted by atomic mass is 9.92. The van der Waals surface area contributed by atoms with Crippen molar-refractivity contribution in [1.82, 2.24) is 0 Å². The average Bonchev–Trinajstić information content (AvgIpc) is 2.74. The van der Waals surface area contributed by atoms with E-state index in [1.54, 1.807) is 39.0 Å². The molecule has 0 aliphatic carbocycles. The van der Waals surface area contributed by atoms with Gasteiger partial charge in [-0.05, 0) is 37.8 Å². The van der Waals surface area contributed by atoms with Crippen LogP contribution in [-0.4, -0.2) is 54.2 Å². The van der Waals surface area contributed by atoms with Crippen molar-refractivity contribution in [2.45, 2.75) is 51.4 Å². The van der Waals surface area contributed by atoms with Gasteiger partial charge >= 0.3 is 17.9 Å². The maximum atomic E-state index is 12.7. The molecule has 1 N–H and O–H groups in total. The molecule has 1 aromatic rings. The minimum Gasteiger partial charge on any atom is -0.463 e. The number of ether oxygens (including phenoxy) is 3. The Morgan fingerprint density at radius 1 is 0.935 bits per heavy atom. The lowest BCUT2D eigenvalue weighted by Gasteiger charge is -2.31.